The molecule has 1 aliphatic carbocycles. The molecule has 106 valence electrons. The smallest absolute Gasteiger partial charge is 0.253 e. The standard InChI is InChI=1S/C16H13NO4/c1-8-12(9(2)18)16(15(21)17(8)3)13(19)10-6-4-5-7-11(10)14(16)20/h4-7H,1-3H3. The summed E-state index contributed by atoms with van der Waals surface area (Å²) in [6, 6.07) is 6.30. The van der Waals surface area contributed by atoms with Crippen molar-refractivity contribution in [2.24, 2.45) is 5.41 Å². The lowest BCUT2D eigenvalue weighted by Crippen LogP contribution is -2.45. The van der Waals surface area contributed by atoms with E-state index in [4.69, 9.17) is 0 Å². The van der Waals surface area contributed by atoms with Crippen LogP contribution >= 0.6 is 0 Å². The molecule has 3 rings (SSSR count). The average molecular weight is 283 g/mol. The number of carbonyl (C=O) groups is 4. The van der Waals surface area contributed by atoms with E-state index in [0.29, 0.717) is 5.70 Å². The lowest BCUT2D eigenvalue weighted by molar-refractivity contribution is -0.131. The van der Waals surface area contributed by atoms with Crippen LogP contribution in [-0.4, -0.2) is 35.2 Å². The number of rotatable bonds is 1. The van der Waals surface area contributed by atoms with Gasteiger partial charge >= 0.3 is 0 Å². The van der Waals surface area contributed by atoms with Gasteiger partial charge in [0.05, 0.1) is 0 Å². The Hall–Kier alpha value is -2.56. The lowest BCUT2D eigenvalue weighted by atomic mass is 9.74. The van der Waals surface area contributed by atoms with E-state index in [0.717, 1.165) is 0 Å². The van der Waals surface area contributed by atoms with Gasteiger partial charge in [0.25, 0.3) is 5.91 Å². The third-order valence-corrected chi connectivity index (χ3v) is 4.31. The van der Waals surface area contributed by atoms with Crippen LogP contribution in [0.25, 0.3) is 0 Å². The van der Waals surface area contributed by atoms with Crippen LogP contribution in [0.15, 0.2) is 35.5 Å². The maximum Gasteiger partial charge on any atom is 0.253 e. The summed E-state index contributed by atoms with van der Waals surface area (Å²) >= 11 is 0. The predicted molar refractivity (Wildman–Crippen MR) is 73.7 cm³/mol. The number of amides is 1. The van der Waals surface area contributed by atoms with Crippen molar-refractivity contribution in [3.8, 4) is 0 Å². The summed E-state index contributed by atoms with van der Waals surface area (Å²) in [5, 5.41) is 0. The molecule has 0 unspecified atom stereocenters. The second-order valence-corrected chi connectivity index (χ2v) is 5.33. The molecule has 2 aliphatic rings. The van der Waals surface area contributed by atoms with E-state index in [2.05, 4.69) is 0 Å². The first-order valence-electron chi connectivity index (χ1n) is 6.54. The molecule has 5 nitrogen and oxygen atoms in total. The van der Waals surface area contributed by atoms with E-state index in [1.54, 1.807) is 19.1 Å². The highest BCUT2D eigenvalue weighted by Crippen LogP contribution is 2.49. The number of carbonyl (C=O) groups excluding carboxylic acids is 4. The van der Waals surface area contributed by atoms with Crippen molar-refractivity contribution in [3.05, 3.63) is 46.7 Å². The van der Waals surface area contributed by atoms with Gasteiger partial charge in [-0.15, -0.1) is 0 Å². The van der Waals surface area contributed by atoms with Crippen molar-refractivity contribution in [1.82, 2.24) is 4.90 Å². The van der Waals surface area contributed by atoms with Crippen molar-refractivity contribution < 1.29 is 19.2 Å². The van der Waals surface area contributed by atoms with Crippen molar-refractivity contribution in [1.29, 1.82) is 0 Å². The zero-order valence-corrected chi connectivity index (χ0v) is 11.9. The molecule has 5 heteroatoms. The first-order valence-corrected chi connectivity index (χ1v) is 6.54. The minimum Gasteiger partial charge on any atom is -0.318 e. The third-order valence-electron chi connectivity index (χ3n) is 4.31. The molecule has 0 saturated heterocycles. The van der Waals surface area contributed by atoms with Crippen molar-refractivity contribution in [2.75, 3.05) is 7.05 Å². The van der Waals surface area contributed by atoms with E-state index >= 15 is 0 Å². The van der Waals surface area contributed by atoms with E-state index in [9.17, 15) is 19.2 Å². The highest BCUT2D eigenvalue weighted by Gasteiger charge is 2.66. The molecule has 1 heterocycles. The Bertz CT molecular complexity index is 737. The summed E-state index contributed by atoms with van der Waals surface area (Å²) in [7, 11) is 1.47. The summed E-state index contributed by atoms with van der Waals surface area (Å²) in [5.74, 6) is -2.26. The quantitative estimate of drug-likeness (QED) is 0.730. The predicted octanol–water partition coefficient (Wildman–Crippen LogP) is 1.39. The van der Waals surface area contributed by atoms with Gasteiger partial charge in [-0.05, 0) is 13.8 Å². The largest absolute Gasteiger partial charge is 0.318 e. The molecule has 1 aliphatic heterocycles. The summed E-state index contributed by atoms with van der Waals surface area (Å²) in [5.41, 5.74) is -1.23. The van der Waals surface area contributed by atoms with Gasteiger partial charge in [0.15, 0.2) is 17.3 Å². The molecule has 1 amide bonds. The number of allylic oxidation sites excluding steroid dienone is 1. The van der Waals surface area contributed by atoms with Gasteiger partial charge in [0, 0.05) is 29.4 Å². The SMILES string of the molecule is CC(=O)C1=C(C)N(C)C(=O)C12C(=O)c1ccccc1C2=O. The molecule has 1 aromatic rings. The van der Waals surface area contributed by atoms with Crippen molar-refractivity contribution in [3.63, 3.8) is 0 Å². The van der Waals surface area contributed by atoms with Crippen molar-refractivity contribution in [2.45, 2.75) is 13.8 Å². The minimum absolute atomic E-state index is 0.00111. The van der Waals surface area contributed by atoms with Gasteiger partial charge in [0.1, 0.15) is 0 Å². The highest BCUT2D eigenvalue weighted by atomic mass is 16.2. The van der Waals surface area contributed by atoms with Gasteiger partial charge in [-0.2, -0.15) is 0 Å². The van der Waals surface area contributed by atoms with Crippen LogP contribution in [0.1, 0.15) is 34.6 Å². The molecular weight excluding hydrogens is 270 g/mol. The van der Waals surface area contributed by atoms with Crippen LogP contribution in [-0.2, 0) is 9.59 Å². The Morgan fingerprint density at radius 1 is 1.05 bits per heavy atom. The van der Waals surface area contributed by atoms with Gasteiger partial charge in [-0.25, -0.2) is 0 Å². The van der Waals surface area contributed by atoms with Crippen molar-refractivity contribution >= 4 is 23.3 Å². The summed E-state index contributed by atoms with van der Waals surface area (Å²) in [6.45, 7) is 2.85. The Morgan fingerprint density at radius 2 is 1.52 bits per heavy atom. The molecule has 0 radical (unpaired) electrons. The molecular formula is C16H13NO4. The van der Waals surface area contributed by atoms with Crippen LogP contribution in [0.4, 0.5) is 0 Å². The maximum absolute atomic E-state index is 12.8. The summed E-state index contributed by atoms with van der Waals surface area (Å²) in [6.07, 6.45) is 0. The van der Waals surface area contributed by atoms with Crippen LogP contribution in [0.3, 0.4) is 0 Å². The first-order chi connectivity index (χ1) is 9.85. The van der Waals surface area contributed by atoms with E-state index in [-0.39, 0.29) is 16.7 Å². The zero-order chi connectivity index (χ0) is 15.5. The lowest BCUT2D eigenvalue weighted by Gasteiger charge is -2.20. The topological polar surface area (TPSA) is 71.5 Å². The fraction of sp³-hybridized carbons (Fsp3) is 0.250. The molecule has 0 aromatic heterocycles. The molecule has 0 saturated carbocycles. The van der Waals surface area contributed by atoms with Gasteiger partial charge in [-0.3, -0.25) is 19.2 Å². The number of hydrogen-bond acceptors (Lipinski definition) is 4. The van der Waals surface area contributed by atoms with E-state index < -0.39 is 28.7 Å². The number of Topliss-reactive ketones (excluding diaryl/α,β-unsaturated/α-hetero) is 3. The second-order valence-electron chi connectivity index (χ2n) is 5.33. The van der Waals surface area contributed by atoms with E-state index in [1.165, 1.54) is 31.0 Å². The molecule has 0 atom stereocenters. The minimum atomic E-state index is -2.01. The highest BCUT2D eigenvalue weighted by molar-refractivity contribution is 6.44. The van der Waals surface area contributed by atoms with Crippen LogP contribution in [0, 0.1) is 5.41 Å². The molecule has 1 aromatic carbocycles. The van der Waals surface area contributed by atoms with Crippen LogP contribution in [0.5, 0.6) is 0 Å². The van der Waals surface area contributed by atoms with Crippen LogP contribution < -0.4 is 0 Å². The summed E-state index contributed by atoms with van der Waals surface area (Å²) in [4.78, 5) is 51.5. The van der Waals surface area contributed by atoms with E-state index in [1.807, 2.05) is 0 Å². The molecule has 21 heavy (non-hydrogen) atoms. The number of fused-ring (bicyclic) bond motifs is 1. The Morgan fingerprint density at radius 3 is 1.95 bits per heavy atom. The van der Waals surface area contributed by atoms with Gasteiger partial charge in [-0.1, -0.05) is 24.3 Å². The number of ketones is 3. The molecule has 0 fully saturated rings. The fourth-order valence-corrected chi connectivity index (χ4v) is 3.28. The normalized spacial score (nSPS) is 19.8. The van der Waals surface area contributed by atoms with Gasteiger partial charge < -0.3 is 4.90 Å². The number of benzene rings is 1. The molecule has 1 spiro atoms. The third kappa shape index (κ3) is 1.31. The fourth-order valence-electron chi connectivity index (χ4n) is 3.28. The number of nitrogens with zero attached hydrogens (tertiary/aromatic N) is 1. The van der Waals surface area contributed by atoms with Crippen LogP contribution in [0.2, 0.25) is 0 Å². The maximum atomic E-state index is 12.8. The Kier molecular flexibility index (Phi) is 2.54. The Labute approximate surface area is 121 Å². The monoisotopic (exact) mass is 283 g/mol. The number of hydrogen-bond donors (Lipinski definition) is 0. The van der Waals surface area contributed by atoms with Gasteiger partial charge in [0.2, 0.25) is 5.41 Å². The first kappa shape index (κ1) is 13.4. The zero-order valence-electron chi connectivity index (χ0n) is 11.9. The Balaban J connectivity index is 2.37. The molecule has 0 N–H and O–H groups in total. The summed E-state index contributed by atoms with van der Waals surface area (Å²) < 4.78 is 0. The second kappa shape index (κ2) is 3.97. The molecule has 0 bridgehead atoms. The average Bonchev–Trinajstić information content (AvgIpc) is 2.80.